The van der Waals surface area contributed by atoms with Gasteiger partial charge in [-0.2, -0.15) is 0 Å². The van der Waals surface area contributed by atoms with Crippen molar-refractivity contribution in [1.29, 1.82) is 0 Å². The second-order valence-electron chi connectivity index (χ2n) is 4.92. The van der Waals surface area contributed by atoms with E-state index in [-0.39, 0.29) is 5.91 Å². The van der Waals surface area contributed by atoms with Crippen molar-refractivity contribution in [3.63, 3.8) is 0 Å². The topological polar surface area (TPSA) is 49.8 Å². The Kier molecular flexibility index (Phi) is 2.96. The Bertz CT molecular complexity index is 472. The number of fused-ring (bicyclic) bond motifs is 1. The zero-order valence-electron chi connectivity index (χ0n) is 10.3. The van der Waals surface area contributed by atoms with Gasteiger partial charge in [0.05, 0.1) is 6.61 Å². The molecule has 1 unspecified atom stereocenters. The highest BCUT2D eigenvalue weighted by molar-refractivity contribution is 5.82. The highest BCUT2D eigenvalue weighted by Crippen LogP contribution is 2.26. The molecule has 2 aliphatic rings. The smallest absolute Gasteiger partial charge is 0.251 e. The van der Waals surface area contributed by atoms with E-state index >= 15 is 0 Å². The highest BCUT2D eigenvalue weighted by atomic mass is 16.5. The first kappa shape index (κ1) is 11.5. The van der Waals surface area contributed by atoms with Crippen molar-refractivity contribution in [3.8, 4) is 5.75 Å². The van der Waals surface area contributed by atoms with Crippen LogP contribution in [0.5, 0.6) is 5.75 Å². The fourth-order valence-electron chi connectivity index (χ4n) is 2.60. The van der Waals surface area contributed by atoms with Crippen LogP contribution in [-0.2, 0) is 17.6 Å². The maximum Gasteiger partial charge on any atom is 0.251 e. The van der Waals surface area contributed by atoms with E-state index in [4.69, 9.17) is 4.74 Å². The van der Waals surface area contributed by atoms with E-state index in [2.05, 4.69) is 12.1 Å². The minimum Gasteiger partial charge on any atom is -0.493 e. The maximum absolute atomic E-state index is 11.6. The molecule has 4 heteroatoms. The largest absolute Gasteiger partial charge is 0.493 e. The number of aliphatic hydroxyl groups excluding tert-OH is 1. The van der Waals surface area contributed by atoms with Gasteiger partial charge < -0.3 is 14.7 Å². The molecule has 1 N–H and O–H groups in total. The molecule has 0 aliphatic carbocycles. The summed E-state index contributed by atoms with van der Waals surface area (Å²) in [5, 5.41) is 9.38. The van der Waals surface area contributed by atoms with Gasteiger partial charge in [-0.25, -0.2) is 0 Å². The predicted octanol–water partition coefficient (Wildman–Crippen LogP) is 0.757. The first-order valence-electron chi connectivity index (χ1n) is 6.45. The average Bonchev–Trinajstić information content (AvgIpc) is 2.96. The van der Waals surface area contributed by atoms with Crippen molar-refractivity contribution in [2.45, 2.75) is 25.4 Å². The standard InChI is InChI=1S/C14H17NO3/c16-12-4-7-15(14(12)17)6-3-10-1-2-13-11(9-10)5-8-18-13/h1-2,9,12,16H,3-8H2. The summed E-state index contributed by atoms with van der Waals surface area (Å²) in [5.41, 5.74) is 2.49. The minimum absolute atomic E-state index is 0.125. The Morgan fingerprint density at radius 1 is 1.44 bits per heavy atom. The first-order chi connectivity index (χ1) is 8.74. The van der Waals surface area contributed by atoms with E-state index < -0.39 is 6.10 Å². The number of aliphatic hydroxyl groups is 1. The summed E-state index contributed by atoms with van der Waals surface area (Å²) in [6.45, 7) is 2.14. The molecule has 96 valence electrons. The molecule has 0 radical (unpaired) electrons. The van der Waals surface area contributed by atoms with Crippen molar-refractivity contribution >= 4 is 5.91 Å². The molecule has 4 nitrogen and oxygen atoms in total. The Labute approximate surface area is 106 Å². The summed E-state index contributed by atoms with van der Waals surface area (Å²) < 4.78 is 5.46. The molecule has 18 heavy (non-hydrogen) atoms. The number of benzene rings is 1. The molecule has 1 amide bonds. The molecule has 0 aromatic heterocycles. The fraction of sp³-hybridized carbons (Fsp3) is 0.500. The van der Waals surface area contributed by atoms with Crippen LogP contribution >= 0.6 is 0 Å². The number of hydrogen-bond acceptors (Lipinski definition) is 3. The van der Waals surface area contributed by atoms with E-state index in [9.17, 15) is 9.90 Å². The van der Waals surface area contributed by atoms with Crippen LogP contribution in [0.2, 0.25) is 0 Å². The molecule has 2 heterocycles. The van der Waals surface area contributed by atoms with E-state index in [1.165, 1.54) is 11.1 Å². The molecule has 1 atom stereocenters. The van der Waals surface area contributed by atoms with E-state index in [0.717, 1.165) is 25.2 Å². The third-order valence-electron chi connectivity index (χ3n) is 3.69. The summed E-state index contributed by atoms with van der Waals surface area (Å²) in [4.78, 5) is 13.3. The normalized spacial score (nSPS) is 22.2. The van der Waals surface area contributed by atoms with Crippen LogP contribution in [0.3, 0.4) is 0 Å². The molecule has 1 aromatic rings. The minimum atomic E-state index is -0.779. The average molecular weight is 247 g/mol. The van der Waals surface area contributed by atoms with Gasteiger partial charge in [0.25, 0.3) is 5.91 Å². The van der Waals surface area contributed by atoms with Crippen molar-refractivity contribution < 1.29 is 14.6 Å². The molecule has 0 saturated carbocycles. The van der Waals surface area contributed by atoms with Crippen LogP contribution in [0.15, 0.2) is 18.2 Å². The van der Waals surface area contributed by atoms with E-state index in [1.807, 2.05) is 6.07 Å². The van der Waals surface area contributed by atoms with Crippen molar-refractivity contribution in [3.05, 3.63) is 29.3 Å². The molecule has 0 bridgehead atoms. The van der Waals surface area contributed by atoms with Crippen LogP contribution in [0, 0.1) is 0 Å². The molecule has 2 aliphatic heterocycles. The summed E-state index contributed by atoms with van der Waals surface area (Å²) in [6, 6.07) is 6.23. The van der Waals surface area contributed by atoms with Crippen molar-refractivity contribution in [1.82, 2.24) is 4.90 Å². The van der Waals surface area contributed by atoms with Gasteiger partial charge in [-0.05, 0) is 30.0 Å². The molecule has 3 rings (SSSR count). The summed E-state index contributed by atoms with van der Waals surface area (Å²) in [5.74, 6) is 0.867. The zero-order chi connectivity index (χ0) is 12.5. The lowest BCUT2D eigenvalue weighted by Gasteiger charge is -2.15. The highest BCUT2D eigenvalue weighted by Gasteiger charge is 2.29. The van der Waals surface area contributed by atoms with Gasteiger partial charge in [0.2, 0.25) is 0 Å². The predicted molar refractivity (Wildman–Crippen MR) is 66.5 cm³/mol. The Balaban J connectivity index is 1.62. The Morgan fingerprint density at radius 2 is 2.33 bits per heavy atom. The van der Waals surface area contributed by atoms with Crippen LogP contribution in [0.4, 0.5) is 0 Å². The van der Waals surface area contributed by atoms with Crippen LogP contribution in [-0.4, -0.2) is 41.7 Å². The van der Waals surface area contributed by atoms with Gasteiger partial charge in [-0.1, -0.05) is 12.1 Å². The molecule has 1 fully saturated rings. The zero-order valence-corrected chi connectivity index (χ0v) is 10.3. The Hall–Kier alpha value is -1.55. The van der Waals surface area contributed by atoms with Gasteiger partial charge in [-0.3, -0.25) is 4.79 Å². The lowest BCUT2D eigenvalue weighted by atomic mass is 10.1. The van der Waals surface area contributed by atoms with Crippen LogP contribution in [0.1, 0.15) is 17.5 Å². The number of carbonyl (C=O) groups excluding carboxylic acids is 1. The number of carbonyl (C=O) groups is 1. The van der Waals surface area contributed by atoms with Crippen LogP contribution < -0.4 is 4.74 Å². The van der Waals surface area contributed by atoms with E-state index in [0.29, 0.717) is 19.5 Å². The number of rotatable bonds is 3. The van der Waals surface area contributed by atoms with Gasteiger partial charge in [0.15, 0.2) is 0 Å². The number of ether oxygens (including phenoxy) is 1. The third kappa shape index (κ3) is 2.08. The monoisotopic (exact) mass is 247 g/mol. The quantitative estimate of drug-likeness (QED) is 0.857. The number of nitrogens with zero attached hydrogens (tertiary/aromatic N) is 1. The van der Waals surface area contributed by atoms with Gasteiger partial charge in [0, 0.05) is 19.5 Å². The maximum atomic E-state index is 11.6. The SMILES string of the molecule is O=C1C(O)CCN1CCc1ccc2c(c1)CCO2. The van der Waals surface area contributed by atoms with Gasteiger partial charge in [-0.15, -0.1) is 0 Å². The third-order valence-corrected chi connectivity index (χ3v) is 3.69. The van der Waals surface area contributed by atoms with Gasteiger partial charge >= 0.3 is 0 Å². The van der Waals surface area contributed by atoms with Crippen molar-refractivity contribution in [2.24, 2.45) is 0 Å². The molecule has 1 aromatic carbocycles. The molecule has 1 saturated heterocycles. The molecule has 0 spiro atoms. The number of amides is 1. The summed E-state index contributed by atoms with van der Waals surface area (Å²) >= 11 is 0. The van der Waals surface area contributed by atoms with Crippen LogP contribution in [0.25, 0.3) is 0 Å². The van der Waals surface area contributed by atoms with Gasteiger partial charge in [0.1, 0.15) is 11.9 Å². The molecular formula is C14H17NO3. The van der Waals surface area contributed by atoms with Crippen molar-refractivity contribution in [2.75, 3.05) is 19.7 Å². The second-order valence-corrected chi connectivity index (χ2v) is 4.92. The number of hydrogen-bond donors (Lipinski definition) is 1. The summed E-state index contributed by atoms with van der Waals surface area (Å²) in [7, 11) is 0. The number of likely N-dealkylation sites (tertiary alicyclic amines) is 1. The Morgan fingerprint density at radius 3 is 3.11 bits per heavy atom. The first-order valence-corrected chi connectivity index (χ1v) is 6.45. The fourth-order valence-corrected chi connectivity index (χ4v) is 2.60. The second kappa shape index (κ2) is 4.61. The lowest BCUT2D eigenvalue weighted by molar-refractivity contribution is -0.134. The van der Waals surface area contributed by atoms with E-state index in [1.54, 1.807) is 4.90 Å². The molecular weight excluding hydrogens is 230 g/mol. The summed E-state index contributed by atoms with van der Waals surface area (Å²) in [6.07, 6.45) is 1.60. The lowest BCUT2D eigenvalue weighted by Crippen LogP contribution is -2.31.